The van der Waals surface area contributed by atoms with E-state index < -0.39 is 0 Å². The molecule has 0 radical (unpaired) electrons. The number of hydrogen-bond acceptors (Lipinski definition) is 2. The summed E-state index contributed by atoms with van der Waals surface area (Å²) in [5.74, 6) is -0.0355. The number of nitrogens with one attached hydrogen (secondary N) is 1. The van der Waals surface area contributed by atoms with Gasteiger partial charge in [0.2, 0.25) is 0 Å². The third kappa shape index (κ3) is 3.89. The van der Waals surface area contributed by atoms with Crippen molar-refractivity contribution in [1.82, 2.24) is 5.32 Å². The van der Waals surface area contributed by atoms with E-state index in [1.807, 2.05) is 62.6 Å². The van der Waals surface area contributed by atoms with Crippen LogP contribution in [0.3, 0.4) is 0 Å². The van der Waals surface area contributed by atoms with Gasteiger partial charge in [-0.05, 0) is 49.4 Å². The van der Waals surface area contributed by atoms with E-state index in [1.165, 1.54) is 0 Å². The van der Waals surface area contributed by atoms with Gasteiger partial charge in [0.25, 0.3) is 5.91 Å². The fraction of sp³-hybridized carbons (Fsp3) is 0.235. The smallest absolute Gasteiger partial charge is 0.252 e. The molecule has 1 N–H and O–H groups in total. The fourth-order valence-electron chi connectivity index (χ4n) is 2.15. The van der Waals surface area contributed by atoms with Gasteiger partial charge in [0.15, 0.2) is 0 Å². The summed E-state index contributed by atoms with van der Waals surface area (Å²) in [7, 11) is 0. The molecule has 0 aliphatic heterocycles. The third-order valence-electron chi connectivity index (χ3n) is 3.41. The van der Waals surface area contributed by atoms with Gasteiger partial charge in [-0.1, -0.05) is 40.2 Å². The second-order valence-electron chi connectivity index (χ2n) is 4.90. The largest absolute Gasteiger partial charge is 0.345 e. The van der Waals surface area contributed by atoms with Crippen molar-refractivity contribution < 1.29 is 4.79 Å². The fourth-order valence-corrected chi connectivity index (χ4v) is 3.22. The molecule has 0 aliphatic rings. The van der Waals surface area contributed by atoms with Crippen LogP contribution in [0, 0.1) is 6.92 Å². The normalized spacial score (nSPS) is 12.0. The van der Waals surface area contributed by atoms with Crippen LogP contribution >= 0.6 is 27.7 Å². The van der Waals surface area contributed by atoms with Crippen molar-refractivity contribution in [2.45, 2.75) is 24.8 Å². The molecule has 1 amide bonds. The van der Waals surface area contributed by atoms with Crippen molar-refractivity contribution in [1.29, 1.82) is 0 Å². The van der Waals surface area contributed by atoms with Crippen molar-refractivity contribution >= 4 is 33.6 Å². The number of halogens is 1. The van der Waals surface area contributed by atoms with Crippen LogP contribution in [0.5, 0.6) is 0 Å². The standard InChI is InChI=1S/C17H18BrNOS/c1-11-8-9-13(21-3)10-15(11)17(20)19-12(2)14-6-4-5-7-16(14)18/h4-10,12H,1-3H3,(H,19,20). The van der Waals surface area contributed by atoms with Crippen LogP contribution in [0.15, 0.2) is 51.8 Å². The van der Waals surface area contributed by atoms with E-state index in [1.54, 1.807) is 11.8 Å². The third-order valence-corrected chi connectivity index (χ3v) is 4.86. The van der Waals surface area contributed by atoms with Crippen molar-refractivity contribution in [3.63, 3.8) is 0 Å². The molecule has 0 saturated carbocycles. The Kier molecular flexibility index (Phi) is 5.48. The molecule has 0 saturated heterocycles. The lowest BCUT2D eigenvalue weighted by Gasteiger charge is -2.17. The maximum atomic E-state index is 12.5. The number of thioether (sulfide) groups is 1. The van der Waals surface area contributed by atoms with Crippen LogP contribution in [-0.4, -0.2) is 12.2 Å². The summed E-state index contributed by atoms with van der Waals surface area (Å²) in [6, 6.07) is 13.9. The number of hydrogen-bond donors (Lipinski definition) is 1. The SMILES string of the molecule is CSc1ccc(C)c(C(=O)NC(C)c2ccccc2Br)c1. The van der Waals surface area contributed by atoms with Crippen molar-refractivity contribution in [3.8, 4) is 0 Å². The molecular formula is C17H18BrNOS. The molecule has 0 aromatic heterocycles. The zero-order chi connectivity index (χ0) is 15.4. The molecule has 2 rings (SSSR count). The van der Waals surface area contributed by atoms with E-state index in [0.29, 0.717) is 0 Å². The Hall–Kier alpha value is -1.26. The van der Waals surface area contributed by atoms with Gasteiger partial charge >= 0.3 is 0 Å². The highest BCUT2D eigenvalue weighted by Crippen LogP contribution is 2.24. The van der Waals surface area contributed by atoms with Gasteiger partial charge in [-0.25, -0.2) is 0 Å². The Morgan fingerprint density at radius 2 is 1.95 bits per heavy atom. The molecule has 4 heteroatoms. The monoisotopic (exact) mass is 363 g/mol. The van der Waals surface area contributed by atoms with E-state index in [0.717, 1.165) is 26.1 Å². The summed E-state index contributed by atoms with van der Waals surface area (Å²) < 4.78 is 1.01. The van der Waals surface area contributed by atoms with Gasteiger partial charge in [-0.15, -0.1) is 11.8 Å². The molecule has 0 fully saturated rings. The first-order valence-corrected chi connectivity index (χ1v) is 8.74. The van der Waals surface area contributed by atoms with Gasteiger partial charge in [-0.3, -0.25) is 4.79 Å². The summed E-state index contributed by atoms with van der Waals surface area (Å²) in [6.07, 6.45) is 2.01. The molecule has 1 unspecified atom stereocenters. The highest BCUT2D eigenvalue weighted by Gasteiger charge is 2.15. The molecule has 0 spiro atoms. The Balaban J connectivity index is 2.20. The number of carbonyl (C=O) groups is 1. The minimum absolute atomic E-state index is 0.0355. The average molecular weight is 364 g/mol. The van der Waals surface area contributed by atoms with Crippen LogP contribution < -0.4 is 5.32 Å². The van der Waals surface area contributed by atoms with Gasteiger partial charge in [0.05, 0.1) is 6.04 Å². The summed E-state index contributed by atoms with van der Waals surface area (Å²) in [6.45, 7) is 3.95. The van der Waals surface area contributed by atoms with Crippen molar-refractivity contribution in [3.05, 3.63) is 63.6 Å². The summed E-state index contributed by atoms with van der Waals surface area (Å²) in [5, 5.41) is 3.07. The second-order valence-corrected chi connectivity index (χ2v) is 6.63. The zero-order valence-corrected chi connectivity index (χ0v) is 14.7. The number of aryl methyl sites for hydroxylation is 1. The van der Waals surface area contributed by atoms with Gasteiger partial charge in [0.1, 0.15) is 0 Å². The van der Waals surface area contributed by atoms with E-state index in [2.05, 4.69) is 21.2 Å². The van der Waals surface area contributed by atoms with Gasteiger partial charge in [0, 0.05) is 14.9 Å². The van der Waals surface area contributed by atoms with Gasteiger partial charge in [-0.2, -0.15) is 0 Å². The van der Waals surface area contributed by atoms with Crippen LogP contribution in [0.2, 0.25) is 0 Å². The van der Waals surface area contributed by atoms with Crippen molar-refractivity contribution in [2.24, 2.45) is 0 Å². The summed E-state index contributed by atoms with van der Waals surface area (Å²) in [4.78, 5) is 13.6. The lowest BCUT2D eigenvalue weighted by atomic mass is 10.1. The Morgan fingerprint density at radius 3 is 2.62 bits per heavy atom. The van der Waals surface area contributed by atoms with Crippen LogP contribution in [-0.2, 0) is 0 Å². The zero-order valence-electron chi connectivity index (χ0n) is 12.3. The molecule has 2 nitrogen and oxygen atoms in total. The number of carbonyl (C=O) groups excluding carboxylic acids is 1. The predicted molar refractivity (Wildman–Crippen MR) is 93.0 cm³/mol. The molecule has 1 atom stereocenters. The molecule has 21 heavy (non-hydrogen) atoms. The molecular weight excluding hydrogens is 346 g/mol. The number of amides is 1. The molecule has 2 aromatic rings. The van der Waals surface area contributed by atoms with E-state index in [9.17, 15) is 4.79 Å². The van der Waals surface area contributed by atoms with Crippen LogP contribution in [0.25, 0.3) is 0 Å². The average Bonchev–Trinajstić information content (AvgIpc) is 2.48. The summed E-state index contributed by atoms with van der Waals surface area (Å²) in [5.41, 5.74) is 2.80. The van der Waals surface area contributed by atoms with Crippen LogP contribution in [0.4, 0.5) is 0 Å². The molecule has 0 aliphatic carbocycles. The molecule has 0 heterocycles. The van der Waals surface area contributed by atoms with Crippen LogP contribution in [0.1, 0.15) is 34.5 Å². The van der Waals surface area contributed by atoms with E-state index in [-0.39, 0.29) is 11.9 Å². The van der Waals surface area contributed by atoms with E-state index in [4.69, 9.17) is 0 Å². The molecule has 0 bridgehead atoms. The lowest BCUT2D eigenvalue weighted by molar-refractivity contribution is 0.0939. The quantitative estimate of drug-likeness (QED) is 0.776. The highest BCUT2D eigenvalue weighted by molar-refractivity contribution is 9.10. The minimum atomic E-state index is -0.0505. The van der Waals surface area contributed by atoms with Gasteiger partial charge < -0.3 is 5.32 Å². The first kappa shape index (κ1) is 16.1. The van der Waals surface area contributed by atoms with E-state index >= 15 is 0 Å². The summed E-state index contributed by atoms with van der Waals surface area (Å²) >= 11 is 5.16. The molecule has 2 aromatic carbocycles. The second kappa shape index (κ2) is 7.14. The lowest BCUT2D eigenvalue weighted by Crippen LogP contribution is -2.27. The predicted octanol–water partition coefficient (Wildman–Crippen LogP) is 4.97. The number of rotatable bonds is 4. The Labute approximate surface area is 138 Å². The first-order valence-electron chi connectivity index (χ1n) is 6.73. The van der Waals surface area contributed by atoms with Crippen molar-refractivity contribution in [2.75, 3.05) is 6.26 Å². The minimum Gasteiger partial charge on any atom is -0.345 e. The first-order chi connectivity index (χ1) is 10.0. The maximum absolute atomic E-state index is 12.5. The maximum Gasteiger partial charge on any atom is 0.252 e. The Bertz CT molecular complexity index is 657. The highest BCUT2D eigenvalue weighted by atomic mass is 79.9. The molecule has 110 valence electrons. The Morgan fingerprint density at radius 1 is 1.24 bits per heavy atom. The number of benzene rings is 2. The topological polar surface area (TPSA) is 29.1 Å².